The van der Waals surface area contributed by atoms with E-state index in [0.717, 1.165) is 17.3 Å². The van der Waals surface area contributed by atoms with E-state index < -0.39 is 0 Å². The maximum Gasteiger partial charge on any atom is 0.296 e. The maximum absolute atomic E-state index is 11.9. The molecule has 0 aromatic carbocycles. The van der Waals surface area contributed by atoms with E-state index in [4.69, 9.17) is 4.52 Å². The molecule has 0 fully saturated rings. The lowest BCUT2D eigenvalue weighted by molar-refractivity contribution is 0.569. The van der Waals surface area contributed by atoms with Gasteiger partial charge in [-0.2, -0.15) is 10.5 Å². The van der Waals surface area contributed by atoms with E-state index >= 15 is 0 Å². The fourth-order valence-electron chi connectivity index (χ4n) is 1.65. The molecule has 2 unspecified atom stereocenters. The molecule has 0 N–H and O–H groups in total. The molecule has 0 bridgehead atoms. The van der Waals surface area contributed by atoms with E-state index in [1.807, 2.05) is 0 Å². The number of rotatable bonds is 1. The van der Waals surface area contributed by atoms with Crippen LogP contribution in [0, 0.1) is 6.92 Å². The third kappa shape index (κ3) is 1.86. The molecule has 2 rings (SSSR count). The molecule has 15 heavy (non-hydrogen) atoms. The first-order chi connectivity index (χ1) is 7.13. The van der Waals surface area contributed by atoms with Crippen LogP contribution in [-0.4, -0.2) is 21.2 Å². The molecule has 82 valence electrons. The Bertz CT molecular complexity index is 484. The van der Waals surface area contributed by atoms with Crippen molar-refractivity contribution >= 4 is 25.8 Å². The van der Waals surface area contributed by atoms with Crippen molar-refractivity contribution in [3.8, 4) is 5.75 Å². The Morgan fingerprint density at radius 2 is 2.40 bits per heavy atom. The van der Waals surface area contributed by atoms with Crippen molar-refractivity contribution in [2.24, 2.45) is 0 Å². The van der Waals surface area contributed by atoms with Crippen molar-refractivity contribution in [1.82, 2.24) is 9.55 Å². The topological polar surface area (TPSA) is 44.1 Å². The van der Waals surface area contributed by atoms with E-state index in [9.17, 15) is 4.79 Å². The Kier molecular flexibility index (Phi) is 2.94. The van der Waals surface area contributed by atoms with Gasteiger partial charge in [0, 0.05) is 18.1 Å². The van der Waals surface area contributed by atoms with Crippen LogP contribution in [0.1, 0.15) is 11.5 Å². The first-order valence-corrected chi connectivity index (χ1v) is 6.78. The Balaban J connectivity index is 2.63. The summed E-state index contributed by atoms with van der Waals surface area (Å²) < 4.78 is 6.67. The molecular formula is C9H13N2O2PS. The average Bonchev–Trinajstić information content (AvgIpc) is 2.17. The van der Waals surface area contributed by atoms with Gasteiger partial charge in [0.1, 0.15) is 5.82 Å². The van der Waals surface area contributed by atoms with Gasteiger partial charge in [0.05, 0.1) is 15.2 Å². The first kappa shape index (κ1) is 10.8. The monoisotopic (exact) mass is 244 g/mol. The van der Waals surface area contributed by atoms with Crippen LogP contribution < -0.4 is 10.1 Å². The minimum absolute atomic E-state index is 0.0794. The molecule has 4 nitrogen and oxygen atoms in total. The molecule has 0 saturated heterocycles. The van der Waals surface area contributed by atoms with E-state index in [1.54, 1.807) is 11.5 Å². The van der Waals surface area contributed by atoms with Gasteiger partial charge in [0.25, 0.3) is 5.56 Å². The van der Waals surface area contributed by atoms with E-state index in [0.29, 0.717) is 18.0 Å². The quantitative estimate of drug-likeness (QED) is 0.545. The third-order valence-corrected chi connectivity index (χ3v) is 4.09. The van der Waals surface area contributed by atoms with Crippen LogP contribution >= 0.6 is 20.0 Å². The van der Waals surface area contributed by atoms with E-state index in [1.165, 1.54) is 0 Å². The maximum atomic E-state index is 11.9. The summed E-state index contributed by atoms with van der Waals surface area (Å²) in [5, 5.41) is 0. The average molecular weight is 244 g/mol. The van der Waals surface area contributed by atoms with Crippen LogP contribution in [0.2, 0.25) is 0 Å². The van der Waals surface area contributed by atoms with Crippen molar-refractivity contribution < 1.29 is 4.52 Å². The van der Waals surface area contributed by atoms with E-state index in [2.05, 4.69) is 20.3 Å². The number of aromatic nitrogens is 2. The van der Waals surface area contributed by atoms with Gasteiger partial charge in [-0.25, -0.2) is 4.98 Å². The highest BCUT2D eigenvalue weighted by Gasteiger charge is 2.18. The zero-order valence-corrected chi connectivity index (χ0v) is 10.5. The second-order valence-corrected chi connectivity index (χ2v) is 5.64. The summed E-state index contributed by atoms with van der Waals surface area (Å²) in [6.07, 6.45) is 0. The zero-order valence-electron chi connectivity index (χ0n) is 8.52. The van der Waals surface area contributed by atoms with Gasteiger partial charge >= 0.3 is 0 Å². The van der Waals surface area contributed by atoms with Crippen LogP contribution in [0.25, 0.3) is 0 Å². The minimum atomic E-state index is -0.0794. The molecule has 1 aliphatic rings. The van der Waals surface area contributed by atoms with Crippen molar-refractivity contribution in [2.75, 3.05) is 5.75 Å². The van der Waals surface area contributed by atoms with Crippen LogP contribution in [-0.2, 0) is 12.3 Å². The molecule has 0 aliphatic carbocycles. The summed E-state index contributed by atoms with van der Waals surface area (Å²) in [5.74, 6) is 6.96. The fraction of sp³-hybridized carbons (Fsp3) is 0.444. The number of aryl methyl sites for hydroxylation is 1. The Labute approximate surface area is 92.9 Å². The van der Waals surface area contributed by atoms with Gasteiger partial charge in [0.15, 0.2) is 0 Å². The third-order valence-electron chi connectivity index (χ3n) is 2.43. The number of hydrogen-bond donors (Lipinski definition) is 0. The molecule has 0 amide bonds. The predicted molar refractivity (Wildman–Crippen MR) is 66.9 cm³/mol. The summed E-state index contributed by atoms with van der Waals surface area (Å²) in [4.78, 5) is 16.3. The summed E-state index contributed by atoms with van der Waals surface area (Å²) in [7, 11) is 2.20. The zero-order chi connectivity index (χ0) is 11.0. The lowest BCUT2D eigenvalue weighted by Gasteiger charge is -2.21. The summed E-state index contributed by atoms with van der Waals surface area (Å²) >= 11 is 0. The van der Waals surface area contributed by atoms with Gasteiger partial charge in [-0.05, 0) is 6.92 Å². The molecule has 0 saturated carbocycles. The van der Waals surface area contributed by atoms with Crippen LogP contribution in [0.3, 0.4) is 0 Å². The Morgan fingerprint density at radius 3 is 3.07 bits per heavy atom. The number of fused-ring (bicyclic) bond motifs is 1. The summed E-state index contributed by atoms with van der Waals surface area (Å²) in [6.45, 7) is 2.49. The molecule has 1 aromatic heterocycles. The van der Waals surface area contributed by atoms with Crippen LogP contribution in [0.15, 0.2) is 4.79 Å². The molecule has 0 spiro atoms. The van der Waals surface area contributed by atoms with Gasteiger partial charge in [-0.1, -0.05) is 5.87 Å². The fourth-order valence-corrected chi connectivity index (χ4v) is 3.09. The highest BCUT2D eigenvalue weighted by atomic mass is 32.2. The molecular weight excluding hydrogens is 231 g/mol. The first-order valence-electron chi connectivity index (χ1n) is 4.57. The van der Waals surface area contributed by atoms with Gasteiger partial charge in [-0.3, -0.25) is 9.36 Å². The standard InChI is InChI=1S/C9H13N2O2PS/c1-6-8(13-14)9(12)11-3-4-15(2)5-7(11)10-6/h2-5,14H2,1H3. The highest BCUT2D eigenvalue weighted by molar-refractivity contribution is 8.13. The van der Waals surface area contributed by atoms with Gasteiger partial charge < -0.3 is 4.52 Å². The molecule has 6 heteroatoms. The summed E-state index contributed by atoms with van der Waals surface area (Å²) in [5.41, 5.74) is 0.573. The van der Waals surface area contributed by atoms with Crippen molar-refractivity contribution in [3.05, 3.63) is 21.9 Å². The molecule has 2 atom stereocenters. The Morgan fingerprint density at radius 1 is 1.67 bits per heavy atom. The van der Waals surface area contributed by atoms with Gasteiger partial charge in [-0.15, -0.1) is 0 Å². The number of hydrogen-bond acceptors (Lipinski definition) is 3. The minimum Gasteiger partial charge on any atom is -0.473 e. The number of nitrogens with zero attached hydrogens (tertiary/aromatic N) is 2. The van der Waals surface area contributed by atoms with E-state index in [-0.39, 0.29) is 16.0 Å². The largest absolute Gasteiger partial charge is 0.473 e. The normalized spacial score (nSPS) is 19.7. The lowest BCUT2D eigenvalue weighted by Crippen LogP contribution is -2.30. The van der Waals surface area contributed by atoms with Crippen LogP contribution in [0.4, 0.5) is 0 Å². The highest BCUT2D eigenvalue weighted by Crippen LogP contribution is 2.23. The Hall–Kier alpha value is -0.670. The van der Waals surface area contributed by atoms with Crippen molar-refractivity contribution in [1.29, 1.82) is 0 Å². The predicted octanol–water partition coefficient (Wildman–Crippen LogP) is 0.935. The molecule has 0 radical (unpaired) electrons. The summed E-state index contributed by atoms with van der Waals surface area (Å²) in [6, 6.07) is 0. The SMILES string of the molecule is C=S1CCn2c(nc(C)c(OP)c2=O)C1. The van der Waals surface area contributed by atoms with Crippen molar-refractivity contribution in [3.63, 3.8) is 0 Å². The van der Waals surface area contributed by atoms with Gasteiger partial charge in [0.2, 0.25) is 5.75 Å². The smallest absolute Gasteiger partial charge is 0.296 e. The van der Waals surface area contributed by atoms with Crippen molar-refractivity contribution in [2.45, 2.75) is 19.2 Å². The second-order valence-electron chi connectivity index (χ2n) is 3.48. The lowest BCUT2D eigenvalue weighted by atomic mass is 10.4. The van der Waals surface area contributed by atoms with Crippen LogP contribution in [0.5, 0.6) is 5.75 Å². The second kappa shape index (κ2) is 4.06. The molecule has 1 aromatic rings. The molecule has 1 aliphatic heterocycles. The molecule has 2 heterocycles.